The van der Waals surface area contributed by atoms with Gasteiger partial charge in [-0.05, 0) is 80.1 Å². The van der Waals surface area contributed by atoms with Gasteiger partial charge in [0.15, 0.2) is 11.6 Å². The second-order valence-electron chi connectivity index (χ2n) is 9.20. The first-order chi connectivity index (χ1) is 15.5. The van der Waals surface area contributed by atoms with E-state index in [1.807, 2.05) is 64.3 Å². The van der Waals surface area contributed by atoms with Crippen LogP contribution in [-0.4, -0.2) is 47.5 Å². The number of thiophene rings is 1. The largest absolute Gasteiger partial charge is 0.297 e. The minimum Gasteiger partial charge on any atom is -0.297 e. The van der Waals surface area contributed by atoms with Crippen molar-refractivity contribution in [2.45, 2.75) is 46.3 Å². The number of aryl methyl sites for hydroxylation is 1. The minimum absolute atomic E-state index is 0.00302. The number of fused-ring (bicyclic) bond motifs is 1. The van der Waals surface area contributed by atoms with Crippen LogP contribution >= 0.6 is 22.7 Å². The van der Waals surface area contributed by atoms with Crippen molar-refractivity contribution >= 4 is 44.5 Å². The van der Waals surface area contributed by atoms with Gasteiger partial charge in [0.05, 0.1) is 27.3 Å². The number of rotatable bonds is 10. The number of hydrogen-bond donors (Lipinski definition) is 0. The standard InChI is InChI=1S/C26H33N3O2S2/c1-15(2)24(30)22(28(6)7)19-11-20(26-21(12-19)27-17(5)33-26)13-29(8)23(25(31)16(3)4)18-9-10-32-14-18/h9-12,14,16,22-23H,1,13H2,2-8H3. The molecule has 3 rings (SSSR count). The average Bonchev–Trinajstić information content (AvgIpc) is 3.37. The number of nitrogens with zero attached hydrogens (tertiary/aromatic N) is 3. The Kier molecular flexibility index (Phi) is 8.00. The van der Waals surface area contributed by atoms with E-state index >= 15 is 0 Å². The molecular weight excluding hydrogens is 450 g/mol. The van der Waals surface area contributed by atoms with Crippen molar-refractivity contribution in [2.24, 2.45) is 5.92 Å². The van der Waals surface area contributed by atoms with Crippen LogP contribution in [-0.2, 0) is 16.1 Å². The van der Waals surface area contributed by atoms with Gasteiger partial charge in [-0.25, -0.2) is 4.98 Å². The molecule has 0 aliphatic heterocycles. The van der Waals surface area contributed by atoms with Gasteiger partial charge in [0.25, 0.3) is 0 Å². The summed E-state index contributed by atoms with van der Waals surface area (Å²) in [7, 11) is 5.81. The van der Waals surface area contributed by atoms with Gasteiger partial charge < -0.3 is 0 Å². The van der Waals surface area contributed by atoms with E-state index in [9.17, 15) is 9.59 Å². The van der Waals surface area contributed by atoms with Gasteiger partial charge in [0.2, 0.25) is 0 Å². The Morgan fingerprint density at radius 3 is 2.36 bits per heavy atom. The molecule has 176 valence electrons. The average molecular weight is 484 g/mol. The van der Waals surface area contributed by atoms with Crippen LogP contribution in [0.4, 0.5) is 0 Å². The highest BCUT2D eigenvalue weighted by molar-refractivity contribution is 7.18. The van der Waals surface area contributed by atoms with Gasteiger partial charge in [0.1, 0.15) is 0 Å². The molecule has 0 bridgehead atoms. The lowest BCUT2D eigenvalue weighted by atomic mass is 9.94. The maximum Gasteiger partial charge on any atom is 0.179 e. The molecule has 0 spiro atoms. The Bertz CT molecular complexity index is 1160. The van der Waals surface area contributed by atoms with Crippen molar-refractivity contribution < 1.29 is 9.59 Å². The molecule has 0 saturated heterocycles. The third-order valence-corrected chi connectivity index (χ3v) is 7.52. The van der Waals surface area contributed by atoms with E-state index < -0.39 is 6.04 Å². The molecule has 3 aromatic rings. The molecule has 0 saturated carbocycles. The number of carbonyl (C=O) groups excluding carboxylic acids is 2. The second kappa shape index (κ2) is 10.4. The number of ketones is 2. The van der Waals surface area contributed by atoms with Crippen molar-refractivity contribution in [1.82, 2.24) is 14.8 Å². The van der Waals surface area contributed by atoms with E-state index in [4.69, 9.17) is 4.98 Å². The Morgan fingerprint density at radius 1 is 1.12 bits per heavy atom. The molecule has 0 N–H and O–H groups in total. The van der Waals surface area contributed by atoms with E-state index in [0.717, 1.165) is 31.9 Å². The van der Waals surface area contributed by atoms with Crippen LogP contribution < -0.4 is 0 Å². The number of likely N-dealkylation sites (N-methyl/N-ethyl adjacent to an activating group) is 2. The molecule has 33 heavy (non-hydrogen) atoms. The zero-order valence-electron chi connectivity index (χ0n) is 20.5. The highest BCUT2D eigenvalue weighted by atomic mass is 32.1. The first kappa shape index (κ1) is 25.4. The molecule has 0 amide bonds. The lowest BCUT2D eigenvalue weighted by molar-refractivity contribution is -0.127. The normalized spacial score (nSPS) is 13.8. The Balaban J connectivity index is 2.09. The summed E-state index contributed by atoms with van der Waals surface area (Å²) in [5.74, 6) is 0.129. The third kappa shape index (κ3) is 5.49. The van der Waals surface area contributed by atoms with Crippen molar-refractivity contribution in [3.8, 4) is 0 Å². The van der Waals surface area contributed by atoms with Crippen molar-refractivity contribution in [2.75, 3.05) is 21.1 Å². The van der Waals surface area contributed by atoms with E-state index in [2.05, 4.69) is 22.9 Å². The fraction of sp³-hybridized carbons (Fsp3) is 0.423. The molecule has 7 heteroatoms. The van der Waals surface area contributed by atoms with Crippen molar-refractivity contribution in [3.63, 3.8) is 0 Å². The predicted octanol–water partition coefficient (Wildman–Crippen LogP) is 5.81. The molecule has 0 aliphatic rings. The molecule has 2 aromatic heterocycles. The molecule has 0 fully saturated rings. The van der Waals surface area contributed by atoms with Crippen LogP contribution in [0.2, 0.25) is 0 Å². The van der Waals surface area contributed by atoms with Crippen LogP contribution in [0.3, 0.4) is 0 Å². The van der Waals surface area contributed by atoms with E-state index in [0.29, 0.717) is 12.1 Å². The number of aromatic nitrogens is 1. The summed E-state index contributed by atoms with van der Waals surface area (Å²) in [5.41, 5.74) is 4.42. The fourth-order valence-corrected chi connectivity index (χ4v) is 5.75. The maximum atomic E-state index is 13.2. The van der Waals surface area contributed by atoms with E-state index in [-0.39, 0.29) is 23.5 Å². The van der Waals surface area contributed by atoms with Gasteiger partial charge in [0, 0.05) is 12.5 Å². The molecule has 0 radical (unpaired) electrons. The van der Waals surface area contributed by atoms with E-state index in [1.165, 1.54) is 0 Å². The topological polar surface area (TPSA) is 53.5 Å². The molecule has 2 heterocycles. The number of benzene rings is 1. The first-order valence-electron chi connectivity index (χ1n) is 11.0. The smallest absolute Gasteiger partial charge is 0.179 e. The van der Waals surface area contributed by atoms with Gasteiger partial charge in [-0.15, -0.1) is 11.3 Å². The molecule has 2 unspecified atom stereocenters. The molecule has 5 nitrogen and oxygen atoms in total. The predicted molar refractivity (Wildman–Crippen MR) is 139 cm³/mol. The van der Waals surface area contributed by atoms with E-state index in [1.54, 1.807) is 29.6 Å². The number of Topliss-reactive ketones (excluding diaryl/α,β-unsaturated/α-hetero) is 2. The van der Waals surface area contributed by atoms with Crippen LogP contribution in [0.1, 0.15) is 54.6 Å². The zero-order chi connectivity index (χ0) is 24.4. The van der Waals surface area contributed by atoms with Crippen molar-refractivity contribution in [1.29, 1.82) is 0 Å². The highest BCUT2D eigenvalue weighted by Crippen LogP contribution is 2.34. The number of thiazole rings is 1. The summed E-state index contributed by atoms with van der Waals surface area (Å²) >= 11 is 3.26. The molecule has 2 atom stereocenters. The summed E-state index contributed by atoms with van der Waals surface area (Å²) in [4.78, 5) is 34.9. The van der Waals surface area contributed by atoms with Crippen LogP contribution in [0.25, 0.3) is 10.2 Å². The third-order valence-electron chi connectivity index (χ3n) is 5.76. The van der Waals surface area contributed by atoms with Crippen LogP contribution in [0.5, 0.6) is 0 Å². The second-order valence-corrected chi connectivity index (χ2v) is 11.2. The number of carbonyl (C=O) groups is 2. The summed E-state index contributed by atoms with van der Waals surface area (Å²) in [6, 6.07) is 5.41. The van der Waals surface area contributed by atoms with Crippen LogP contribution in [0, 0.1) is 12.8 Å². The Morgan fingerprint density at radius 2 is 1.82 bits per heavy atom. The monoisotopic (exact) mass is 483 g/mol. The maximum absolute atomic E-state index is 13.2. The lowest BCUT2D eigenvalue weighted by Gasteiger charge is -2.29. The SMILES string of the molecule is C=C(C)C(=O)C(c1cc(CN(C)C(C(=O)C(C)C)c2ccsc2)c2sc(C)nc2c1)N(C)C. The zero-order valence-corrected chi connectivity index (χ0v) is 22.1. The van der Waals surface area contributed by atoms with Crippen LogP contribution in [0.15, 0.2) is 41.1 Å². The van der Waals surface area contributed by atoms with Crippen molar-refractivity contribution in [3.05, 3.63) is 62.8 Å². The van der Waals surface area contributed by atoms with Gasteiger partial charge in [-0.2, -0.15) is 11.3 Å². The summed E-state index contributed by atoms with van der Waals surface area (Å²) in [6.45, 7) is 12.1. The first-order valence-corrected chi connectivity index (χ1v) is 12.8. The quantitative estimate of drug-likeness (QED) is 0.341. The van der Waals surface area contributed by atoms with Gasteiger partial charge >= 0.3 is 0 Å². The number of hydrogen-bond acceptors (Lipinski definition) is 7. The van der Waals surface area contributed by atoms with Gasteiger partial charge in [-0.1, -0.05) is 26.5 Å². The van der Waals surface area contributed by atoms with Gasteiger partial charge in [-0.3, -0.25) is 19.4 Å². The fourth-order valence-electron chi connectivity index (χ4n) is 4.17. The summed E-state index contributed by atoms with van der Waals surface area (Å²) in [6.07, 6.45) is 0. The molecule has 0 aliphatic carbocycles. The molecule has 1 aromatic carbocycles. The summed E-state index contributed by atoms with van der Waals surface area (Å²) in [5, 5.41) is 5.05. The lowest BCUT2D eigenvalue weighted by Crippen LogP contribution is -2.33. The minimum atomic E-state index is -0.428. The Hall–Kier alpha value is -2.19. The highest BCUT2D eigenvalue weighted by Gasteiger charge is 2.29. The Labute approximate surface area is 204 Å². The molecular formula is C26H33N3O2S2. The summed E-state index contributed by atoms with van der Waals surface area (Å²) < 4.78 is 1.10.